The molecule has 1 N–H and O–H groups in total. The zero-order chi connectivity index (χ0) is 25.6. The minimum absolute atomic E-state index is 0.252. The fourth-order valence-corrected chi connectivity index (χ4v) is 5.64. The predicted octanol–water partition coefficient (Wildman–Crippen LogP) is 2.79. The number of benzene rings is 1. The molecule has 4 aromatic rings. The van der Waals surface area contributed by atoms with E-state index in [1.54, 1.807) is 0 Å². The van der Waals surface area contributed by atoms with Crippen LogP contribution in [0.5, 0.6) is 0 Å². The monoisotopic (exact) mass is 523 g/mol. The van der Waals surface area contributed by atoms with Crippen LogP contribution in [0.25, 0.3) is 28.1 Å². The van der Waals surface area contributed by atoms with Crippen LogP contribution >= 0.6 is 0 Å². The molecule has 0 radical (unpaired) electrons. The van der Waals surface area contributed by atoms with Crippen molar-refractivity contribution >= 4 is 38.4 Å². The highest BCUT2D eigenvalue weighted by Crippen LogP contribution is 2.29. The second-order valence-electron chi connectivity index (χ2n) is 9.63. The number of fused-ring (bicyclic) bond motifs is 2. The van der Waals surface area contributed by atoms with E-state index in [0.717, 1.165) is 47.5 Å². The molecule has 2 aliphatic heterocycles. The predicted molar refractivity (Wildman–Crippen MR) is 140 cm³/mol. The Labute approximate surface area is 215 Å². The summed E-state index contributed by atoms with van der Waals surface area (Å²) < 4.78 is 35.8. The van der Waals surface area contributed by atoms with E-state index in [1.807, 2.05) is 47.8 Å². The van der Waals surface area contributed by atoms with Crippen molar-refractivity contribution in [3.8, 4) is 11.4 Å². The Morgan fingerprint density at radius 3 is 2.57 bits per heavy atom. The van der Waals surface area contributed by atoms with E-state index < -0.39 is 16.2 Å². The number of para-hydroxylation sites is 2. The van der Waals surface area contributed by atoms with Gasteiger partial charge in [-0.15, -0.1) is 0 Å². The van der Waals surface area contributed by atoms with Crippen molar-refractivity contribution in [2.45, 2.75) is 38.3 Å². The molecule has 0 saturated carbocycles. The molecule has 1 aromatic carbocycles. The summed E-state index contributed by atoms with van der Waals surface area (Å²) in [6.07, 6.45) is 3.10. The molecule has 0 bridgehead atoms. The van der Waals surface area contributed by atoms with Crippen molar-refractivity contribution in [1.29, 1.82) is 0 Å². The quantitative estimate of drug-likeness (QED) is 0.377. The number of nitrogens with one attached hydrogen (secondary N) is 1. The zero-order valence-electron chi connectivity index (χ0n) is 20.8. The highest BCUT2D eigenvalue weighted by molar-refractivity contribution is 7.86. The van der Waals surface area contributed by atoms with Gasteiger partial charge in [-0.05, 0) is 38.3 Å². The molecule has 0 amide bonds. The average molecular weight is 524 g/mol. The van der Waals surface area contributed by atoms with E-state index >= 15 is 0 Å². The summed E-state index contributed by atoms with van der Waals surface area (Å²) in [4.78, 5) is 16.5. The van der Waals surface area contributed by atoms with E-state index in [0.29, 0.717) is 49.8 Å². The largest absolute Gasteiger partial charge is 0.381 e. The third-order valence-electron chi connectivity index (χ3n) is 6.75. The SMILES string of the molecule is Cc1nc2ccccc2nc1-c1cc2nc(N3CCC(OS(C)(=O)=O)C3)cc(NC3CCOCC3)n2n1. The van der Waals surface area contributed by atoms with Gasteiger partial charge in [0.15, 0.2) is 5.65 Å². The van der Waals surface area contributed by atoms with Gasteiger partial charge in [-0.2, -0.15) is 18.0 Å². The van der Waals surface area contributed by atoms with E-state index in [9.17, 15) is 8.42 Å². The molecular weight excluding hydrogens is 494 g/mol. The van der Waals surface area contributed by atoms with Gasteiger partial charge in [0, 0.05) is 44.5 Å². The van der Waals surface area contributed by atoms with E-state index in [2.05, 4.69) is 10.2 Å². The number of rotatable bonds is 6. The number of ether oxygens (including phenoxy) is 1. The van der Waals surface area contributed by atoms with Gasteiger partial charge in [0.25, 0.3) is 10.1 Å². The topological polar surface area (TPSA) is 124 Å². The lowest BCUT2D eigenvalue weighted by Gasteiger charge is -2.25. The number of aryl methyl sites for hydroxylation is 1. The fraction of sp³-hybridized carbons (Fsp3) is 0.440. The van der Waals surface area contributed by atoms with Gasteiger partial charge in [-0.3, -0.25) is 4.18 Å². The molecule has 6 rings (SSSR count). The van der Waals surface area contributed by atoms with Crippen molar-refractivity contribution in [2.75, 3.05) is 42.8 Å². The highest BCUT2D eigenvalue weighted by atomic mass is 32.2. The second-order valence-corrected chi connectivity index (χ2v) is 11.2. The van der Waals surface area contributed by atoms with Crippen LogP contribution in [0.3, 0.4) is 0 Å². The first-order valence-electron chi connectivity index (χ1n) is 12.4. The summed E-state index contributed by atoms with van der Waals surface area (Å²) in [6.45, 7) is 4.46. The van der Waals surface area contributed by atoms with Crippen LogP contribution in [0.1, 0.15) is 25.0 Å². The number of hydrogen-bond donors (Lipinski definition) is 1. The zero-order valence-corrected chi connectivity index (χ0v) is 21.6. The number of hydrogen-bond acceptors (Lipinski definition) is 10. The van der Waals surface area contributed by atoms with Crippen molar-refractivity contribution in [2.24, 2.45) is 0 Å². The number of anilines is 2. The van der Waals surface area contributed by atoms with Crippen LogP contribution in [-0.2, 0) is 19.0 Å². The van der Waals surface area contributed by atoms with Gasteiger partial charge in [0.2, 0.25) is 0 Å². The fourth-order valence-electron chi connectivity index (χ4n) is 4.99. The van der Waals surface area contributed by atoms with Gasteiger partial charge in [0.05, 0.1) is 29.1 Å². The Hall–Kier alpha value is -3.35. The van der Waals surface area contributed by atoms with E-state index in [-0.39, 0.29) is 6.04 Å². The first-order valence-corrected chi connectivity index (χ1v) is 14.3. The summed E-state index contributed by atoms with van der Waals surface area (Å²) in [6, 6.07) is 11.9. The van der Waals surface area contributed by atoms with Gasteiger partial charge >= 0.3 is 0 Å². The normalized spacial score (nSPS) is 19.2. The van der Waals surface area contributed by atoms with Gasteiger partial charge in [-0.25, -0.2) is 15.0 Å². The Balaban J connectivity index is 1.40. The maximum Gasteiger partial charge on any atom is 0.264 e. The third-order valence-corrected chi connectivity index (χ3v) is 7.38. The molecule has 0 aliphatic carbocycles. The molecule has 12 heteroatoms. The van der Waals surface area contributed by atoms with Crippen molar-refractivity contribution in [3.05, 3.63) is 42.1 Å². The summed E-state index contributed by atoms with van der Waals surface area (Å²) in [5, 5.41) is 8.52. The van der Waals surface area contributed by atoms with Crippen LogP contribution < -0.4 is 10.2 Å². The van der Waals surface area contributed by atoms with Gasteiger partial charge in [0.1, 0.15) is 23.0 Å². The molecule has 194 valence electrons. The summed E-state index contributed by atoms with van der Waals surface area (Å²) in [7, 11) is -3.52. The lowest BCUT2D eigenvalue weighted by atomic mass is 10.1. The van der Waals surface area contributed by atoms with Crippen LogP contribution in [0, 0.1) is 6.92 Å². The minimum atomic E-state index is -3.52. The number of aromatic nitrogens is 5. The molecule has 1 atom stereocenters. The molecule has 1 unspecified atom stereocenters. The first kappa shape index (κ1) is 24.0. The average Bonchev–Trinajstić information content (AvgIpc) is 3.50. The first-order chi connectivity index (χ1) is 17.8. The van der Waals surface area contributed by atoms with Crippen LogP contribution in [0.15, 0.2) is 36.4 Å². The van der Waals surface area contributed by atoms with Gasteiger partial charge < -0.3 is 15.0 Å². The molecule has 11 nitrogen and oxygen atoms in total. The second kappa shape index (κ2) is 9.51. The summed E-state index contributed by atoms with van der Waals surface area (Å²) in [5.41, 5.74) is 4.52. The molecule has 2 aliphatic rings. The van der Waals surface area contributed by atoms with Crippen LogP contribution in [0.2, 0.25) is 0 Å². The number of nitrogens with zero attached hydrogens (tertiary/aromatic N) is 6. The summed E-state index contributed by atoms with van der Waals surface area (Å²) >= 11 is 0. The lowest BCUT2D eigenvalue weighted by Crippen LogP contribution is -2.29. The molecular formula is C25H29N7O4S. The smallest absolute Gasteiger partial charge is 0.264 e. The Kier molecular flexibility index (Phi) is 6.17. The van der Waals surface area contributed by atoms with Crippen LogP contribution in [0.4, 0.5) is 11.6 Å². The highest BCUT2D eigenvalue weighted by Gasteiger charge is 2.28. The molecule has 37 heavy (non-hydrogen) atoms. The van der Waals surface area contributed by atoms with Gasteiger partial charge in [-0.1, -0.05) is 12.1 Å². The lowest BCUT2D eigenvalue weighted by molar-refractivity contribution is 0.0903. The Bertz CT molecular complexity index is 1570. The molecule has 2 fully saturated rings. The molecule has 5 heterocycles. The Morgan fingerprint density at radius 2 is 1.81 bits per heavy atom. The van der Waals surface area contributed by atoms with Crippen LogP contribution in [-0.4, -0.2) is 77.7 Å². The van der Waals surface area contributed by atoms with Crippen molar-refractivity contribution in [3.63, 3.8) is 0 Å². The van der Waals surface area contributed by atoms with Crippen molar-refractivity contribution in [1.82, 2.24) is 24.6 Å². The van der Waals surface area contributed by atoms with Crippen molar-refractivity contribution < 1.29 is 17.3 Å². The minimum Gasteiger partial charge on any atom is -0.381 e. The third kappa shape index (κ3) is 5.09. The molecule has 2 saturated heterocycles. The summed E-state index contributed by atoms with van der Waals surface area (Å²) in [5.74, 6) is 1.56. The molecule has 3 aromatic heterocycles. The van der Waals surface area contributed by atoms with E-state index in [4.69, 9.17) is 29.0 Å². The molecule has 0 spiro atoms. The Morgan fingerprint density at radius 1 is 1.05 bits per heavy atom. The standard InChI is InChI=1S/C25H29N7O4S/c1-16-25(28-20-6-4-3-5-19(20)26-16)21-13-23-29-22(31-10-7-18(15-31)36-37(2,33)34)14-24(32(23)30-21)27-17-8-11-35-12-9-17/h3-6,13-14,17-18,27H,7-12,15H2,1-2H3. The van der Waals surface area contributed by atoms with E-state index in [1.165, 1.54) is 0 Å². The maximum atomic E-state index is 11.6. The maximum absolute atomic E-state index is 11.6.